The van der Waals surface area contributed by atoms with Gasteiger partial charge < -0.3 is 14.4 Å². The summed E-state index contributed by atoms with van der Waals surface area (Å²) in [7, 11) is 0. The summed E-state index contributed by atoms with van der Waals surface area (Å²) in [5.41, 5.74) is 1.64. The van der Waals surface area contributed by atoms with E-state index >= 15 is 0 Å². The van der Waals surface area contributed by atoms with Gasteiger partial charge in [-0.15, -0.1) is 0 Å². The lowest BCUT2D eigenvalue weighted by atomic mass is 9.89. The first kappa shape index (κ1) is 30.0. The van der Waals surface area contributed by atoms with Gasteiger partial charge in [-0.2, -0.15) is 0 Å². The van der Waals surface area contributed by atoms with E-state index in [4.69, 9.17) is 9.47 Å². The molecular weight excluding hydrogens is 510 g/mol. The SMILES string of the molecule is CCOc1cc(OCC)cc(C(=O)N(C/C(C)=C/c2ccc(F)cc2F)C[C@H]2CCCN2CC2CCCCC2)c1. The van der Waals surface area contributed by atoms with E-state index < -0.39 is 11.6 Å². The molecule has 0 bridgehead atoms. The minimum absolute atomic E-state index is 0.112. The molecule has 2 aromatic carbocycles. The van der Waals surface area contributed by atoms with Crippen LogP contribution in [0, 0.1) is 17.6 Å². The molecule has 1 amide bonds. The Morgan fingerprint density at radius 3 is 2.33 bits per heavy atom. The molecule has 5 nitrogen and oxygen atoms in total. The van der Waals surface area contributed by atoms with E-state index in [9.17, 15) is 13.6 Å². The summed E-state index contributed by atoms with van der Waals surface area (Å²) in [6.45, 7) is 9.75. The van der Waals surface area contributed by atoms with Crippen molar-refractivity contribution in [1.29, 1.82) is 0 Å². The molecule has 1 saturated carbocycles. The number of carbonyl (C=O) groups is 1. The topological polar surface area (TPSA) is 42.0 Å². The second-order valence-electron chi connectivity index (χ2n) is 11.2. The molecule has 0 aromatic heterocycles. The van der Waals surface area contributed by atoms with Gasteiger partial charge >= 0.3 is 0 Å². The third-order valence-electron chi connectivity index (χ3n) is 7.99. The van der Waals surface area contributed by atoms with Crippen LogP contribution in [0.4, 0.5) is 8.78 Å². The van der Waals surface area contributed by atoms with Gasteiger partial charge in [-0.25, -0.2) is 8.78 Å². The van der Waals surface area contributed by atoms with Gasteiger partial charge in [0.1, 0.15) is 23.1 Å². The number of ether oxygens (including phenoxy) is 2. The Morgan fingerprint density at radius 2 is 1.68 bits per heavy atom. The molecule has 0 unspecified atom stereocenters. The Bertz CT molecular complexity index is 1140. The van der Waals surface area contributed by atoms with Crippen LogP contribution >= 0.6 is 0 Å². The van der Waals surface area contributed by atoms with Crippen molar-refractivity contribution in [2.24, 2.45) is 5.92 Å². The molecule has 2 fully saturated rings. The molecule has 1 atom stereocenters. The van der Waals surface area contributed by atoms with Gasteiger partial charge in [0.2, 0.25) is 0 Å². The van der Waals surface area contributed by atoms with Gasteiger partial charge in [0.05, 0.1) is 13.2 Å². The highest BCUT2D eigenvalue weighted by Gasteiger charge is 2.31. The monoisotopic (exact) mass is 554 g/mol. The maximum atomic E-state index is 14.4. The number of benzene rings is 2. The lowest BCUT2D eigenvalue weighted by Gasteiger charge is -2.34. The fraction of sp³-hybridized carbons (Fsp3) is 0.545. The molecule has 4 rings (SSSR count). The summed E-state index contributed by atoms with van der Waals surface area (Å²) < 4.78 is 39.3. The molecule has 7 heteroatoms. The predicted molar refractivity (Wildman–Crippen MR) is 156 cm³/mol. The molecule has 0 spiro atoms. The number of halogens is 2. The van der Waals surface area contributed by atoms with Crippen LogP contribution in [0.3, 0.4) is 0 Å². The van der Waals surface area contributed by atoms with Crippen LogP contribution in [0.15, 0.2) is 42.0 Å². The smallest absolute Gasteiger partial charge is 0.254 e. The summed E-state index contributed by atoms with van der Waals surface area (Å²) in [5, 5.41) is 0. The molecule has 1 heterocycles. The summed E-state index contributed by atoms with van der Waals surface area (Å²) in [6, 6.07) is 9.20. The van der Waals surface area contributed by atoms with Crippen molar-refractivity contribution in [3.05, 3.63) is 64.7 Å². The van der Waals surface area contributed by atoms with Crippen molar-refractivity contribution < 1.29 is 23.0 Å². The van der Waals surface area contributed by atoms with Crippen molar-refractivity contribution in [2.45, 2.75) is 71.8 Å². The second-order valence-corrected chi connectivity index (χ2v) is 11.2. The first-order valence-corrected chi connectivity index (χ1v) is 14.9. The minimum Gasteiger partial charge on any atom is -0.494 e. The van der Waals surface area contributed by atoms with Crippen molar-refractivity contribution in [2.75, 3.05) is 39.4 Å². The second kappa shape index (κ2) is 14.6. The van der Waals surface area contributed by atoms with Crippen LogP contribution in [-0.4, -0.2) is 61.1 Å². The summed E-state index contributed by atoms with van der Waals surface area (Å²) in [6.07, 6.45) is 10.4. The number of nitrogens with zero attached hydrogens (tertiary/aromatic N) is 2. The average Bonchev–Trinajstić information content (AvgIpc) is 3.36. The van der Waals surface area contributed by atoms with Crippen LogP contribution in [0.25, 0.3) is 6.08 Å². The van der Waals surface area contributed by atoms with Gasteiger partial charge in [0, 0.05) is 48.9 Å². The zero-order valence-corrected chi connectivity index (χ0v) is 24.3. The highest BCUT2D eigenvalue weighted by molar-refractivity contribution is 5.95. The summed E-state index contributed by atoms with van der Waals surface area (Å²) in [5.74, 6) is 0.590. The maximum absolute atomic E-state index is 14.4. The third kappa shape index (κ3) is 8.29. The first-order chi connectivity index (χ1) is 19.4. The molecule has 1 aliphatic heterocycles. The van der Waals surface area contributed by atoms with Crippen molar-refractivity contribution in [3.63, 3.8) is 0 Å². The Hall–Kier alpha value is -2.93. The van der Waals surface area contributed by atoms with Crippen LogP contribution in [-0.2, 0) is 0 Å². The quantitative estimate of drug-likeness (QED) is 0.275. The molecule has 218 valence electrons. The number of likely N-dealkylation sites (tertiary alicyclic amines) is 1. The number of rotatable bonds is 12. The van der Waals surface area contributed by atoms with Gasteiger partial charge in [-0.1, -0.05) is 30.9 Å². The van der Waals surface area contributed by atoms with E-state index in [-0.39, 0.29) is 11.9 Å². The van der Waals surface area contributed by atoms with Gasteiger partial charge in [-0.3, -0.25) is 9.69 Å². The largest absolute Gasteiger partial charge is 0.494 e. The molecule has 40 heavy (non-hydrogen) atoms. The van der Waals surface area contributed by atoms with Crippen molar-refractivity contribution >= 4 is 12.0 Å². The summed E-state index contributed by atoms with van der Waals surface area (Å²) in [4.78, 5) is 18.5. The van der Waals surface area contributed by atoms with E-state index in [1.54, 1.807) is 24.3 Å². The zero-order valence-electron chi connectivity index (χ0n) is 24.3. The van der Waals surface area contributed by atoms with E-state index in [0.717, 1.165) is 43.5 Å². The molecular formula is C33H44F2N2O3. The van der Waals surface area contributed by atoms with Crippen molar-refractivity contribution in [1.82, 2.24) is 9.80 Å². The molecule has 2 aromatic rings. The molecule has 0 N–H and O–H groups in total. The van der Waals surface area contributed by atoms with Crippen LogP contribution in [0.2, 0.25) is 0 Å². The molecule has 0 radical (unpaired) electrons. The Balaban J connectivity index is 1.59. The van der Waals surface area contributed by atoms with Gasteiger partial charge in [0.15, 0.2) is 0 Å². The fourth-order valence-corrected chi connectivity index (χ4v) is 6.13. The highest BCUT2D eigenvalue weighted by atomic mass is 19.1. The number of hydrogen-bond donors (Lipinski definition) is 0. The number of hydrogen-bond acceptors (Lipinski definition) is 4. The maximum Gasteiger partial charge on any atom is 0.254 e. The number of amides is 1. The van der Waals surface area contributed by atoms with Crippen LogP contribution in [0.1, 0.15) is 81.6 Å². The number of carbonyl (C=O) groups excluding carboxylic acids is 1. The molecule has 1 aliphatic carbocycles. The van der Waals surface area contributed by atoms with Crippen LogP contribution in [0.5, 0.6) is 11.5 Å². The highest BCUT2D eigenvalue weighted by Crippen LogP contribution is 2.29. The van der Waals surface area contributed by atoms with E-state index in [0.29, 0.717) is 48.9 Å². The fourth-order valence-electron chi connectivity index (χ4n) is 6.13. The van der Waals surface area contributed by atoms with Gasteiger partial charge in [-0.05, 0) is 83.2 Å². The first-order valence-electron chi connectivity index (χ1n) is 14.9. The third-order valence-corrected chi connectivity index (χ3v) is 7.99. The Morgan fingerprint density at radius 1 is 0.975 bits per heavy atom. The van der Waals surface area contributed by atoms with Crippen molar-refractivity contribution in [3.8, 4) is 11.5 Å². The minimum atomic E-state index is -0.613. The van der Waals surface area contributed by atoms with Gasteiger partial charge in [0.25, 0.3) is 5.91 Å². The molecule has 1 saturated heterocycles. The van der Waals surface area contributed by atoms with Crippen LogP contribution < -0.4 is 9.47 Å². The lowest BCUT2D eigenvalue weighted by molar-refractivity contribution is 0.0709. The zero-order chi connectivity index (χ0) is 28.5. The standard InChI is InChI=1S/C33H44F2N2O3/c1-4-39-30-17-27(18-31(20-30)40-5-2)33(38)37(21-24(3)16-26-13-14-28(34)19-32(26)35)23-29-12-9-15-36(29)22-25-10-7-6-8-11-25/h13-14,16-20,25,29H,4-12,15,21-23H2,1-3H3/b24-16+/t29-/m1/s1. The van der Waals surface area contributed by atoms with E-state index in [1.165, 1.54) is 44.2 Å². The Kier molecular flexibility index (Phi) is 11.0. The predicted octanol–water partition coefficient (Wildman–Crippen LogP) is 7.35. The average molecular weight is 555 g/mol. The van der Waals surface area contributed by atoms with E-state index in [1.807, 2.05) is 25.7 Å². The lowest BCUT2D eigenvalue weighted by Crippen LogP contribution is -2.45. The normalized spacial score (nSPS) is 18.6. The summed E-state index contributed by atoms with van der Waals surface area (Å²) >= 11 is 0. The Labute approximate surface area is 238 Å². The van der Waals surface area contributed by atoms with E-state index in [2.05, 4.69) is 4.90 Å². The molecule has 2 aliphatic rings.